The predicted octanol–water partition coefficient (Wildman–Crippen LogP) is 3.87. The van der Waals surface area contributed by atoms with Crippen molar-refractivity contribution in [2.75, 3.05) is 23.8 Å². The topological polar surface area (TPSA) is 83.0 Å². The first kappa shape index (κ1) is 18.0. The molecular weight excluding hydrogens is 357 g/mol. The summed E-state index contributed by atoms with van der Waals surface area (Å²) in [5.41, 5.74) is 1.45. The zero-order valence-corrected chi connectivity index (χ0v) is 14.5. The second-order valence-electron chi connectivity index (χ2n) is 5.43. The molecule has 8 heteroatoms. The zero-order chi connectivity index (χ0) is 18.4. The normalized spacial score (nSPS) is 10.6. The number of benzene rings is 1. The Balaban J connectivity index is 1.95. The molecule has 0 radical (unpaired) electrons. The fourth-order valence-corrected chi connectivity index (χ4v) is 2.42. The van der Waals surface area contributed by atoms with E-state index in [0.717, 1.165) is 0 Å². The van der Waals surface area contributed by atoms with E-state index in [0.29, 0.717) is 41.1 Å². The molecule has 0 amide bonds. The summed E-state index contributed by atoms with van der Waals surface area (Å²) in [6.45, 7) is 0.568. The second-order valence-corrected chi connectivity index (χ2v) is 5.87. The summed E-state index contributed by atoms with van der Waals surface area (Å²) >= 11 is 5.94. The van der Waals surface area contributed by atoms with Crippen molar-refractivity contribution >= 4 is 29.1 Å². The highest BCUT2D eigenvalue weighted by molar-refractivity contribution is 6.30. The van der Waals surface area contributed by atoms with E-state index in [1.807, 2.05) is 18.2 Å². The van der Waals surface area contributed by atoms with Gasteiger partial charge in [-0.1, -0.05) is 17.7 Å². The fraction of sp³-hybridized carbons (Fsp3) is 0.167. The minimum atomic E-state index is -0.442. The average Bonchev–Trinajstić information content (AvgIpc) is 2.65. The van der Waals surface area contributed by atoms with Gasteiger partial charge in [-0.25, -0.2) is 9.37 Å². The molecule has 2 heterocycles. The zero-order valence-electron chi connectivity index (χ0n) is 13.8. The van der Waals surface area contributed by atoms with Crippen LogP contribution in [0.3, 0.4) is 0 Å². The predicted molar refractivity (Wildman–Crippen MR) is 100 cm³/mol. The number of aliphatic hydroxyl groups excluding tert-OH is 1. The largest absolute Gasteiger partial charge is 0.396 e. The number of pyridine rings is 1. The van der Waals surface area contributed by atoms with Crippen LogP contribution in [0, 0.1) is 5.82 Å². The van der Waals surface area contributed by atoms with Gasteiger partial charge in [-0.15, -0.1) is 0 Å². The smallest absolute Gasteiger partial charge is 0.225 e. The molecule has 1 aromatic carbocycles. The summed E-state index contributed by atoms with van der Waals surface area (Å²) in [6, 6.07) is 11.4. The van der Waals surface area contributed by atoms with Crippen molar-refractivity contribution < 1.29 is 9.50 Å². The van der Waals surface area contributed by atoms with Crippen LogP contribution >= 0.6 is 11.6 Å². The van der Waals surface area contributed by atoms with Crippen molar-refractivity contribution in [2.24, 2.45) is 0 Å². The van der Waals surface area contributed by atoms with Crippen molar-refractivity contribution in [1.29, 1.82) is 0 Å². The van der Waals surface area contributed by atoms with Crippen LogP contribution in [0.4, 0.5) is 21.8 Å². The third kappa shape index (κ3) is 4.65. The number of hydrogen-bond donors (Lipinski definition) is 3. The first-order valence-electron chi connectivity index (χ1n) is 8.03. The number of nitrogens with one attached hydrogen (secondary N) is 2. The molecule has 3 N–H and O–H groups in total. The first-order valence-corrected chi connectivity index (χ1v) is 8.41. The van der Waals surface area contributed by atoms with Gasteiger partial charge in [0.15, 0.2) is 0 Å². The molecule has 0 saturated carbocycles. The number of rotatable bonds is 7. The van der Waals surface area contributed by atoms with Crippen molar-refractivity contribution in [3.8, 4) is 11.4 Å². The average molecular weight is 374 g/mol. The lowest BCUT2D eigenvalue weighted by atomic mass is 10.2. The van der Waals surface area contributed by atoms with Crippen LogP contribution in [0.2, 0.25) is 5.02 Å². The Bertz CT molecular complexity index is 879. The maximum atomic E-state index is 14.0. The van der Waals surface area contributed by atoms with E-state index >= 15 is 0 Å². The Morgan fingerprint density at radius 3 is 2.73 bits per heavy atom. The summed E-state index contributed by atoms with van der Waals surface area (Å²) in [5.74, 6) is 0.307. The van der Waals surface area contributed by atoms with E-state index in [1.54, 1.807) is 12.3 Å². The maximum Gasteiger partial charge on any atom is 0.225 e. The van der Waals surface area contributed by atoms with E-state index in [9.17, 15) is 4.39 Å². The third-order valence-electron chi connectivity index (χ3n) is 3.46. The van der Waals surface area contributed by atoms with Gasteiger partial charge < -0.3 is 15.7 Å². The molecule has 0 spiro atoms. The van der Waals surface area contributed by atoms with Crippen LogP contribution in [0.1, 0.15) is 6.42 Å². The molecule has 0 fully saturated rings. The van der Waals surface area contributed by atoms with Crippen LogP contribution in [0.25, 0.3) is 11.4 Å². The molecule has 0 aliphatic heterocycles. The molecule has 3 aromatic rings. The molecule has 3 rings (SSSR count). The van der Waals surface area contributed by atoms with Crippen molar-refractivity contribution in [3.05, 3.63) is 59.5 Å². The van der Waals surface area contributed by atoms with Crippen LogP contribution in [-0.4, -0.2) is 33.2 Å². The van der Waals surface area contributed by atoms with E-state index in [2.05, 4.69) is 25.6 Å². The number of halogens is 2. The number of nitrogens with zero attached hydrogens (tertiary/aromatic N) is 3. The Labute approximate surface area is 155 Å². The molecular formula is C18H17ClFN5O. The number of aliphatic hydroxyl groups is 1. The van der Waals surface area contributed by atoms with Gasteiger partial charge in [0.25, 0.3) is 0 Å². The minimum Gasteiger partial charge on any atom is -0.396 e. The molecule has 0 bridgehead atoms. The summed E-state index contributed by atoms with van der Waals surface area (Å²) in [5, 5.41) is 15.3. The lowest BCUT2D eigenvalue weighted by Gasteiger charge is -2.11. The lowest BCUT2D eigenvalue weighted by Crippen LogP contribution is -2.09. The van der Waals surface area contributed by atoms with Gasteiger partial charge in [-0.3, -0.25) is 4.98 Å². The van der Waals surface area contributed by atoms with Crippen LogP contribution in [0.5, 0.6) is 0 Å². The minimum absolute atomic E-state index is 0.0613. The van der Waals surface area contributed by atoms with Gasteiger partial charge in [0.2, 0.25) is 5.95 Å². The summed E-state index contributed by atoms with van der Waals surface area (Å²) in [6.07, 6.45) is 2.23. The molecule has 134 valence electrons. The van der Waals surface area contributed by atoms with E-state index in [-0.39, 0.29) is 12.3 Å². The summed E-state index contributed by atoms with van der Waals surface area (Å²) in [7, 11) is 0. The fourth-order valence-electron chi connectivity index (χ4n) is 2.25. The van der Waals surface area contributed by atoms with Gasteiger partial charge >= 0.3 is 0 Å². The monoisotopic (exact) mass is 373 g/mol. The van der Waals surface area contributed by atoms with Crippen LogP contribution < -0.4 is 10.6 Å². The SMILES string of the molecule is OCCCNc1nc(Nc2cc(Cl)ccc2F)cc(-c2ccccn2)n1. The molecule has 0 saturated heterocycles. The van der Waals surface area contributed by atoms with Gasteiger partial charge in [0, 0.05) is 30.4 Å². The highest BCUT2D eigenvalue weighted by Gasteiger charge is 2.10. The quantitative estimate of drug-likeness (QED) is 0.545. The third-order valence-corrected chi connectivity index (χ3v) is 3.70. The van der Waals surface area contributed by atoms with Crippen molar-refractivity contribution in [1.82, 2.24) is 15.0 Å². The summed E-state index contributed by atoms with van der Waals surface area (Å²) < 4.78 is 14.0. The molecule has 0 aliphatic rings. The standard InChI is InChI=1S/C18H17ClFN5O/c19-12-5-6-13(20)15(10-12)23-17-11-16(14-4-1-2-7-21-14)24-18(25-17)22-8-3-9-26/h1-2,4-7,10-11,26H,3,8-9H2,(H2,22,23,24,25). The molecule has 2 aromatic heterocycles. The van der Waals surface area contributed by atoms with E-state index in [1.165, 1.54) is 18.2 Å². The van der Waals surface area contributed by atoms with Gasteiger partial charge in [0.05, 0.1) is 17.1 Å². The maximum absolute atomic E-state index is 14.0. The van der Waals surface area contributed by atoms with Gasteiger partial charge in [-0.05, 0) is 36.8 Å². The Morgan fingerprint density at radius 2 is 1.96 bits per heavy atom. The second kappa shape index (κ2) is 8.55. The first-order chi connectivity index (χ1) is 12.7. The highest BCUT2D eigenvalue weighted by Crippen LogP contribution is 2.25. The van der Waals surface area contributed by atoms with Crippen LogP contribution in [-0.2, 0) is 0 Å². The number of aromatic nitrogens is 3. The van der Waals surface area contributed by atoms with Gasteiger partial charge in [0.1, 0.15) is 11.6 Å². The van der Waals surface area contributed by atoms with Crippen molar-refractivity contribution in [2.45, 2.75) is 6.42 Å². The molecule has 0 aliphatic carbocycles. The van der Waals surface area contributed by atoms with E-state index < -0.39 is 5.82 Å². The van der Waals surface area contributed by atoms with Gasteiger partial charge in [-0.2, -0.15) is 4.98 Å². The van der Waals surface area contributed by atoms with E-state index in [4.69, 9.17) is 16.7 Å². The number of hydrogen-bond acceptors (Lipinski definition) is 6. The number of anilines is 3. The summed E-state index contributed by atoms with van der Waals surface area (Å²) in [4.78, 5) is 13.1. The molecule has 6 nitrogen and oxygen atoms in total. The Kier molecular flexibility index (Phi) is 5.93. The molecule has 0 atom stereocenters. The lowest BCUT2D eigenvalue weighted by molar-refractivity contribution is 0.292. The highest BCUT2D eigenvalue weighted by atomic mass is 35.5. The molecule has 0 unspecified atom stereocenters. The van der Waals surface area contributed by atoms with Crippen molar-refractivity contribution in [3.63, 3.8) is 0 Å². The Hall–Kier alpha value is -2.77. The van der Waals surface area contributed by atoms with Crippen LogP contribution in [0.15, 0.2) is 48.7 Å². The Morgan fingerprint density at radius 1 is 1.08 bits per heavy atom. The molecule has 26 heavy (non-hydrogen) atoms.